The van der Waals surface area contributed by atoms with Crippen LogP contribution in [0.2, 0.25) is 0 Å². The summed E-state index contributed by atoms with van der Waals surface area (Å²) in [6.07, 6.45) is 4.10. The van der Waals surface area contributed by atoms with Crippen molar-refractivity contribution >= 4 is 28.9 Å². The minimum Gasteiger partial charge on any atom is -0.477 e. The third-order valence-electron chi connectivity index (χ3n) is 5.61. The number of methoxy groups -OCH3 is 1. The maximum atomic E-state index is 12.7. The van der Waals surface area contributed by atoms with E-state index in [0.29, 0.717) is 12.8 Å². The first-order chi connectivity index (χ1) is 14.5. The molecule has 1 saturated heterocycles. The Hall–Kier alpha value is -2.22. The summed E-state index contributed by atoms with van der Waals surface area (Å²) in [6.45, 7) is 2.14. The summed E-state index contributed by atoms with van der Waals surface area (Å²) in [5.74, 6) is -0.943. The molecule has 0 bridgehead atoms. The molecule has 1 aromatic carbocycles. The molecule has 7 heteroatoms. The molecule has 2 unspecified atom stereocenters. The molecule has 1 aromatic heterocycles. The van der Waals surface area contributed by atoms with Crippen LogP contribution in [0.5, 0.6) is 0 Å². The quantitative estimate of drug-likeness (QED) is 0.520. The number of thiophene rings is 1. The zero-order valence-electron chi connectivity index (χ0n) is 17.4. The van der Waals surface area contributed by atoms with Crippen molar-refractivity contribution in [3.63, 3.8) is 0 Å². The van der Waals surface area contributed by atoms with Crippen LogP contribution in [0, 0.1) is 0 Å². The van der Waals surface area contributed by atoms with Crippen molar-refractivity contribution in [2.24, 2.45) is 0 Å². The zero-order valence-corrected chi connectivity index (χ0v) is 18.2. The number of hydrogen-bond donors (Lipinski definition) is 2. The van der Waals surface area contributed by atoms with Gasteiger partial charge in [0, 0.05) is 24.1 Å². The molecule has 6 nitrogen and oxygen atoms in total. The minimum absolute atomic E-state index is 0.0216. The molecule has 1 fully saturated rings. The lowest BCUT2D eigenvalue weighted by atomic mass is 10.0. The van der Waals surface area contributed by atoms with Crippen molar-refractivity contribution in [1.29, 1.82) is 0 Å². The predicted octanol–water partition coefficient (Wildman–Crippen LogP) is 4.94. The molecule has 1 aliphatic rings. The summed E-state index contributed by atoms with van der Waals surface area (Å²) in [4.78, 5) is 26.7. The normalized spacial score (nSPS) is 18.6. The van der Waals surface area contributed by atoms with E-state index in [0.717, 1.165) is 41.8 Å². The topological polar surface area (TPSA) is 87.1 Å². The van der Waals surface area contributed by atoms with Crippen molar-refractivity contribution in [3.8, 4) is 0 Å². The SMILES string of the molecule is CCCCCC(O)c1ccc(N2C(=O)CCC2[C@@H](OC)c2ccc(C(=O)O)s2)cc1. The number of rotatable bonds is 10. The maximum Gasteiger partial charge on any atom is 0.345 e. The average Bonchev–Trinajstić information content (AvgIpc) is 3.37. The molecule has 162 valence electrons. The molecule has 30 heavy (non-hydrogen) atoms. The lowest BCUT2D eigenvalue weighted by molar-refractivity contribution is -0.117. The van der Waals surface area contributed by atoms with Gasteiger partial charge >= 0.3 is 5.97 Å². The van der Waals surface area contributed by atoms with Crippen LogP contribution >= 0.6 is 11.3 Å². The van der Waals surface area contributed by atoms with Crippen LogP contribution < -0.4 is 4.90 Å². The number of carbonyl (C=O) groups excluding carboxylic acids is 1. The summed E-state index contributed by atoms with van der Waals surface area (Å²) in [5, 5.41) is 19.6. The fraction of sp³-hybridized carbons (Fsp3) is 0.478. The minimum atomic E-state index is -0.964. The highest BCUT2D eigenvalue weighted by Crippen LogP contribution is 2.38. The Morgan fingerprint density at radius 2 is 1.97 bits per heavy atom. The van der Waals surface area contributed by atoms with Gasteiger partial charge in [-0.15, -0.1) is 11.3 Å². The molecule has 1 aliphatic heterocycles. The number of aliphatic hydroxyl groups excluding tert-OH is 1. The fourth-order valence-corrected chi connectivity index (χ4v) is 5.01. The zero-order chi connectivity index (χ0) is 21.7. The van der Waals surface area contributed by atoms with E-state index >= 15 is 0 Å². The highest BCUT2D eigenvalue weighted by molar-refractivity contribution is 7.14. The molecule has 0 aliphatic carbocycles. The van der Waals surface area contributed by atoms with Crippen molar-refractivity contribution in [2.45, 2.75) is 63.7 Å². The largest absolute Gasteiger partial charge is 0.477 e. The van der Waals surface area contributed by atoms with Crippen molar-refractivity contribution in [1.82, 2.24) is 0 Å². The summed E-state index contributed by atoms with van der Waals surface area (Å²) in [6, 6.07) is 10.6. The van der Waals surface area contributed by atoms with Gasteiger partial charge in [-0.25, -0.2) is 4.79 Å². The number of carboxylic acid groups (broad SMARTS) is 1. The molecular weight excluding hydrogens is 402 g/mol. The first-order valence-electron chi connectivity index (χ1n) is 10.4. The number of anilines is 1. The third-order valence-corrected chi connectivity index (χ3v) is 6.75. The average molecular weight is 432 g/mol. The highest BCUT2D eigenvalue weighted by atomic mass is 32.1. The number of ether oxygens (including phenoxy) is 1. The Morgan fingerprint density at radius 1 is 1.23 bits per heavy atom. The number of carbonyl (C=O) groups is 2. The van der Waals surface area contributed by atoms with E-state index in [1.807, 2.05) is 24.3 Å². The first kappa shape index (κ1) is 22.5. The molecule has 3 atom stereocenters. The molecule has 2 N–H and O–H groups in total. The van der Waals surface area contributed by atoms with Gasteiger partial charge in [-0.2, -0.15) is 0 Å². The molecule has 1 amide bonds. The van der Waals surface area contributed by atoms with E-state index in [9.17, 15) is 19.8 Å². The van der Waals surface area contributed by atoms with Crippen LogP contribution in [0.1, 0.15) is 77.8 Å². The van der Waals surface area contributed by atoms with Crippen LogP contribution in [-0.2, 0) is 9.53 Å². The van der Waals surface area contributed by atoms with Crippen LogP contribution in [0.25, 0.3) is 0 Å². The van der Waals surface area contributed by atoms with Gasteiger partial charge in [0.1, 0.15) is 11.0 Å². The summed E-state index contributed by atoms with van der Waals surface area (Å²) in [5.41, 5.74) is 1.62. The van der Waals surface area contributed by atoms with Gasteiger partial charge in [-0.3, -0.25) is 4.79 Å². The van der Waals surface area contributed by atoms with E-state index < -0.39 is 18.2 Å². The maximum absolute atomic E-state index is 12.7. The van der Waals surface area contributed by atoms with Gasteiger partial charge in [-0.05, 0) is 42.7 Å². The number of benzene rings is 1. The number of amides is 1. The van der Waals surface area contributed by atoms with Gasteiger partial charge in [0.05, 0.1) is 12.1 Å². The Morgan fingerprint density at radius 3 is 2.57 bits per heavy atom. The Kier molecular flexibility index (Phi) is 7.64. The Bertz CT molecular complexity index is 863. The van der Waals surface area contributed by atoms with Gasteiger partial charge < -0.3 is 19.8 Å². The van der Waals surface area contributed by atoms with Crippen LogP contribution in [0.4, 0.5) is 5.69 Å². The van der Waals surface area contributed by atoms with E-state index in [-0.39, 0.29) is 16.8 Å². The molecule has 2 aromatic rings. The lowest BCUT2D eigenvalue weighted by Gasteiger charge is -2.30. The molecule has 3 rings (SSSR count). The van der Waals surface area contributed by atoms with E-state index in [1.165, 1.54) is 11.3 Å². The van der Waals surface area contributed by atoms with Gasteiger partial charge in [0.25, 0.3) is 0 Å². The van der Waals surface area contributed by atoms with E-state index in [1.54, 1.807) is 24.1 Å². The summed E-state index contributed by atoms with van der Waals surface area (Å²) >= 11 is 1.18. The Labute approximate surface area is 181 Å². The number of carboxylic acids is 1. The third kappa shape index (κ3) is 4.91. The first-order valence-corrected chi connectivity index (χ1v) is 11.2. The van der Waals surface area contributed by atoms with Crippen LogP contribution in [-0.4, -0.2) is 35.2 Å². The molecular formula is C23H29NO5S. The molecule has 0 saturated carbocycles. The second-order valence-electron chi connectivity index (χ2n) is 7.64. The van der Waals surface area contributed by atoms with Crippen LogP contribution in [0.15, 0.2) is 36.4 Å². The number of nitrogens with zero attached hydrogens (tertiary/aromatic N) is 1. The number of unbranched alkanes of at least 4 members (excludes halogenated alkanes) is 2. The van der Waals surface area contributed by atoms with Crippen molar-refractivity contribution in [3.05, 3.63) is 51.7 Å². The predicted molar refractivity (Wildman–Crippen MR) is 117 cm³/mol. The van der Waals surface area contributed by atoms with Crippen LogP contribution in [0.3, 0.4) is 0 Å². The summed E-state index contributed by atoms with van der Waals surface area (Å²) in [7, 11) is 1.58. The van der Waals surface area contributed by atoms with Gasteiger partial charge in [-0.1, -0.05) is 38.3 Å². The number of hydrogen-bond acceptors (Lipinski definition) is 5. The van der Waals surface area contributed by atoms with Crippen molar-refractivity contribution < 1.29 is 24.5 Å². The molecule has 0 radical (unpaired) electrons. The number of aromatic carboxylic acids is 1. The van der Waals surface area contributed by atoms with Gasteiger partial charge in [0.2, 0.25) is 5.91 Å². The monoisotopic (exact) mass is 431 g/mol. The molecule has 0 spiro atoms. The second kappa shape index (κ2) is 10.2. The Balaban J connectivity index is 1.79. The molecule has 2 heterocycles. The smallest absolute Gasteiger partial charge is 0.345 e. The highest BCUT2D eigenvalue weighted by Gasteiger charge is 2.39. The van der Waals surface area contributed by atoms with Crippen molar-refractivity contribution in [2.75, 3.05) is 12.0 Å². The van der Waals surface area contributed by atoms with E-state index in [4.69, 9.17) is 4.74 Å². The summed E-state index contributed by atoms with van der Waals surface area (Å²) < 4.78 is 5.71. The lowest BCUT2D eigenvalue weighted by Crippen LogP contribution is -2.37. The number of aliphatic hydroxyl groups is 1. The fourth-order valence-electron chi connectivity index (χ4n) is 4.02. The standard InChI is InChI=1S/C23H29NO5S/c1-3-4-5-6-18(25)15-7-9-16(10-8-15)24-17(11-14-21(24)26)22(29-2)19-12-13-20(30-19)23(27)28/h7-10,12-13,17-18,22,25H,3-6,11,14H2,1-2H3,(H,27,28)/t17?,18?,22-/m1/s1. The second-order valence-corrected chi connectivity index (χ2v) is 8.75. The van der Waals surface area contributed by atoms with Gasteiger partial charge in [0.15, 0.2) is 0 Å². The van der Waals surface area contributed by atoms with E-state index in [2.05, 4.69) is 6.92 Å².